The lowest BCUT2D eigenvalue weighted by molar-refractivity contribution is -0.00697. The number of aromatic nitrogens is 2. The van der Waals surface area contributed by atoms with Crippen molar-refractivity contribution in [2.45, 2.75) is 31.3 Å². The summed E-state index contributed by atoms with van der Waals surface area (Å²) >= 11 is 0. The molecule has 0 amide bonds. The summed E-state index contributed by atoms with van der Waals surface area (Å²) in [7, 11) is 0. The fraction of sp³-hybridized carbons (Fsp3) is 0.625. The van der Waals surface area contributed by atoms with E-state index in [1.54, 1.807) is 10.9 Å². The van der Waals surface area contributed by atoms with Crippen molar-refractivity contribution in [3.8, 4) is 0 Å². The van der Waals surface area contributed by atoms with Crippen molar-refractivity contribution < 1.29 is 15.3 Å². The lowest BCUT2D eigenvalue weighted by atomic mass is 10.1. The molecule has 2 rings (SSSR count). The third kappa shape index (κ3) is 1.46. The highest BCUT2D eigenvalue weighted by Gasteiger charge is 2.28. The molecule has 3 atom stereocenters. The third-order valence-electron chi connectivity index (χ3n) is 2.33. The lowest BCUT2D eigenvalue weighted by Crippen LogP contribution is -2.21. The predicted octanol–water partition coefficient (Wildman–Crippen LogP) is -0.958. The number of hydrogen-bond acceptors (Lipinski definition) is 4. The van der Waals surface area contributed by atoms with E-state index in [9.17, 15) is 15.3 Å². The summed E-state index contributed by atoms with van der Waals surface area (Å²) in [6, 6.07) is 0. The van der Waals surface area contributed by atoms with Gasteiger partial charge in [-0.1, -0.05) is 0 Å². The van der Waals surface area contributed by atoms with Crippen LogP contribution < -0.4 is 0 Å². The predicted molar refractivity (Wildman–Crippen MR) is 43.8 cm³/mol. The van der Waals surface area contributed by atoms with Crippen molar-refractivity contribution in [3.63, 3.8) is 0 Å². The van der Waals surface area contributed by atoms with Gasteiger partial charge in [-0.05, 0) is 0 Å². The molecule has 1 aromatic rings. The first kappa shape index (κ1) is 8.68. The van der Waals surface area contributed by atoms with E-state index in [0.29, 0.717) is 12.2 Å². The van der Waals surface area contributed by atoms with Gasteiger partial charge in [0, 0.05) is 13.0 Å². The van der Waals surface area contributed by atoms with Crippen LogP contribution in [0.5, 0.6) is 0 Å². The number of rotatable bonds is 0. The maximum Gasteiger partial charge on any atom is 0.121 e. The van der Waals surface area contributed by atoms with Crippen molar-refractivity contribution >= 4 is 0 Å². The topological polar surface area (TPSA) is 78.5 Å². The molecule has 0 saturated heterocycles. The van der Waals surface area contributed by atoms with Gasteiger partial charge in [0.1, 0.15) is 6.10 Å². The van der Waals surface area contributed by atoms with Gasteiger partial charge in [-0.25, -0.2) is 4.98 Å². The van der Waals surface area contributed by atoms with Crippen LogP contribution in [0.25, 0.3) is 0 Å². The van der Waals surface area contributed by atoms with Crippen molar-refractivity contribution in [2.24, 2.45) is 0 Å². The van der Waals surface area contributed by atoms with Crippen LogP contribution in [0.4, 0.5) is 0 Å². The zero-order chi connectivity index (χ0) is 9.42. The molecule has 13 heavy (non-hydrogen) atoms. The first-order chi connectivity index (χ1) is 6.18. The average Bonchev–Trinajstić information content (AvgIpc) is 2.47. The largest absolute Gasteiger partial charge is 0.391 e. The van der Waals surface area contributed by atoms with Gasteiger partial charge in [0.2, 0.25) is 0 Å². The molecule has 5 heteroatoms. The highest BCUT2D eigenvalue weighted by molar-refractivity contribution is 5.07. The molecule has 3 N–H and O–H groups in total. The van der Waals surface area contributed by atoms with Crippen molar-refractivity contribution in [1.82, 2.24) is 9.55 Å². The van der Waals surface area contributed by atoms with Gasteiger partial charge in [-0.2, -0.15) is 0 Å². The Morgan fingerprint density at radius 3 is 2.92 bits per heavy atom. The number of imidazole rings is 1. The first-order valence-corrected chi connectivity index (χ1v) is 4.22. The monoisotopic (exact) mass is 184 g/mol. The Morgan fingerprint density at radius 2 is 2.15 bits per heavy atom. The van der Waals surface area contributed by atoms with Gasteiger partial charge in [0.15, 0.2) is 0 Å². The van der Waals surface area contributed by atoms with Crippen LogP contribution in [-0.2, 0) is 6.54 Å². The molecule has 0 bridgehead atoms. The minimum Gasteiger partial charge on any atom is -0.391 e. The number of aliphatic hydroxyl groups is 3. The molecule has 1 aliphatic heterocycles. The van der Waals surface area contributed by atoms with Crippen LogP contribution in [0.3, 0.4) is 0 Å². The SMILES string of the molecule is O[C@@H]1C[C@H](O)[C@H](O)c2cncn2C1. The van der Waals surface area contributed by atoms with Gasteiger partial charge >= 0.3 is 0 Å². The maximum atomic E-state index is 9.59. The Bertz CT molecular complexity index is 299. The smallest absolute Gasteiger partial charge is 0.121 e. The molecule has 0 aromatic carbocycles. The van der Waals surface area contributed by atoms with Crippen LogP contribution >= 0.6 is 0 Å². The number of aliphatic hydroxyl groups excluding tert-OH is 3. The zero-order valence-electron chi connectivity index (χ0n) is 7.04. The second-order valence-electron chi connectivity index (χ2n) is 3.37. The summed E-state index contributed by atoms with van der Waals surface area (Å²) < 4.78 is 1.66. The summed E-state index contributed by atoms with van der Waals surface area (Å²) in [6.45, 7) is 0.378. The molecule has 0 unspecified atom stereocenters. The molecule has 5 nitrogen and oxygen atoms in total. The van der Waals surface area contributed by atoms with E-state index in [0.717, 1.165) is 0 Å². The van der Waals surface area contributed by atoms with E-state index in [1.807, 2.05) is 0 Å². The minimum atomic E-state index is -0.945. The van der Waals surface area contributed by atoms with E-state index in [2.05, 4.69) is 4.98 Å². The van der Waals surface area contributed by atoms with Gasteiger partial charge in [0.25, 0.3) is 0 Å². The Morgan fingerprint density at radius 1 is 1.38 bits per heavy atom. The van der Waals surface area contributed by atoms with Crippen molar-refractivity contribution in [2.75, 3.05) is 0 Å². The Balaban J connectivity index is 2.36. The van der Waals surface area contributed by atoms with Gasteiger partial charge < -0.3 is 19.9 Å². The molecular weight excluding hydrogens is 172 g/mol. The van der Waals surface area contributed by atoms with Crippen molar-refractivity contribution in [3.05, 3.63) is 18.2 Å². The van der Waals surface area contributed by atoms with Crippen LogP contribution in [0.1, 0.15) is 18.2 Å². The first-order valence-electron chi connectivity index (χ1n) is 4.22. The normalized spacial score (nSPS) is 33.9. The fourth-order valence-corrected chi connectivity index (χ4v) is 1.64. The zero-order valence-corrected chi connectivity index (χ0v) is 7.04. The van der Waals surface area contributed by atoms with E-state index in [4.69, 9.17) is 0 Å². The third-order valence-corrected chi connectivity index (χ3v) is 2.33. The highest BCUT2D eigenvalue weighted by Crippen LogP contribution is 2.23. The summed E-state index contributed by atoms with van der Waals surface area (Å²) in [5.41, 5.74) is 0.559. The molecule has 0 aliphatic carbocycles. The number of nitrogens with zero attached hydrogens (tertiary/aromatic N) is 2. The van der Waals surface area contributed by atoms with Gasteiger partial charge in [-0.3, -0.25) is 0 Å². The standard InChI is InChI=1S/C8H12N2O3/c11-5-1-7(12)8(13)6-2-9-4-10(6)3-5/h2,4-5,7-8,11-13H,1,3H2/t5-,7+,8-/m1/s1. The van der Waals surface area contributed by atoms with Crippen molar-refractivity contribution in [1.29, 1.82) is 0 Å². The molecular formula is C8H12N2O3. The van der Waals surface area contributed by atoms with E-state index in [1.165, 1.54) is 6.20 Å². The van der Waals surface area contributed by atoms with E-state index >= 15 is 0 Å². The summed E-state index contributed by atoms with van der Waals surface area (Å²) in [5.74, 6) is 0. The Hall–Kier alpha value is -0.910. The van der Waals surface area contributed by atoms with Gasteiger partial charge in [0.05, 0.1) is 30.4 Å². The quantitative estimate of drug-likeness (QED) is 0.485. The van der Waals surface area contributed by atoms with Crippen LogP contribution in [0, 0.1) is 0 Å². The van der Waals surface area contributed by atoms with Crippen LogP contribution in [0.15, 0.2) is 12.5 Å². The molecule has 0 spiro atoms. The van der Waals surface area contributed by atoms with E-state index in [-0.39, 0.29) is 6.42 Å². The number of fused-ring (bicyclic) bond motifs is 1. The van der Waals surface area contributed by atoms with Gasteiger partial charge in [-0.15, -0.1) is 0 Å². The molecule has 0 radical (unpaired) electrons. The molecule has 2 heterocycles. The highest BCUT2D eigenvalue weighted by atomic mass is 16.3. The van der Waals surface area contributed by atoms with E-state index < -0.39 is 18.3 Å². The number of hydrogen-bond donors (Lipinski definition) is 3. The van der Waals surface area contributed by atoms with Crippen LogP contribution in [-0.4, -0.2) is 37.1 Å². The average molecular weight is 184 g/mol. The van der Waals surface area contributed by atoms with Crippen LogP contribution in [0.2, 0.25) is 0 Å². The summed E-state index contributed by atoms with van der Waals surface area (Å²) in [5, 5.41) is 28.5. The summed E-state index contributed by atoms with van der Waals surface area (Å²) in [6.07, 6.45) is 0.766. The minimum absolute atomic E-state index is 0.197. The second-order valence-corrected chi connectivity index (χ2v) is 3.37. The summed E-state index contributed by atoms with van der Waals surface area (Å²) in [4.78, 5) is 3.85. The molecule has 0 fully saturated rings. The Labute approximate surface area is 75.3 Å². The Kier molecular flexibility index (Phi) is 2.07. The fourth-order valence-electron chi connectivity index (χ4n) is 1.64. The maximum absolute atomic E-state index is 9.59. The molecule has 1 aromatic heterocycles. The second kappa shape index (κ2) is 3.10. The molecule has 72 valence electrons. The lowest BCUT2D eigenvalue weighted by Gasteiger charge is -2.14. The molecule has 0 saturated carbocycles. The molecule has 1 aliphatic rings.